The van der Waals surface area contributed by atoms with Gasteiger partial charge in [-0.3, -0.25) is 4.99 Å². The second kappa shape index (κ2) is 10.1. The van der Waals surface area contributed by atoms with Crippen LogP contribution in [0.3, 0.4) is 0 Å². The van der Waals surface area contributed by atoms with Gasteiger partial charge < -0.3 is 15.7 Å². The number of para-hydroxylation sites is 2. The normalized spacial score (nSPS) is 9.57. The van der Waals surface area contributed by atoms with Crippen molar-refractivity contribution >= 4 is 21.5 Å². The van der Waals surface area contributed by atoms with Gasteiger partial charge in [0.15, 0.2) is 0 Å². The van der Waals surface area contributed by atoms with Crippen LogP contribution in [0.15, 0.2) is 47.5 Å². The van der Waals surface area contributed by atoms with Crippen LogP contribution in [0, 0.1) is 10.8 Å². The van der Waals surface area contributed by atoms with Crippen LogP contribution in [-0.2, 0) is 16.0 Å². The van der Waals surface area contributed by atoms with Gasteiger partial charge in [-0.05, 0) is 31.2 Å². The van der Waals surface area contributed by atoms with Crippen LogP contribution in [0.4, 0.5) is 5.69 Å². The summed E-state index contributed by atoms with van der Waals surface area (Å²) in [4.78, 5) is 4.14. The van der Waals surface area contributed by atoms with Crippen molar-refractivity contribution < 1.29 is 31.7 Å². The average molecular weight is 485 g/mol. The SMILES string of the molecule is Cc1ccc(O)c(C=Nc2ccccc2O)c1.O.[N]#[Os][Cl]. The first-order chi connectivity index (χ1) is 9.58. The van der Waals surface area contributed by atoms with Crippen molar-refractivity contribution in [3.8, 4) is 11.5 Å². The Kier molecular flexibility index (Phi) is 9.28. The zero-order chi connectivity index (χ0) is 15.0. The first-order valence-corrected chi connectivity index (χ1v) is 9.86. The molecule has 2 aromatic rings. The first-order valence-electron chi connectivity index (χ1n) is 5.57. The number of rotatable bonds is 2. The maximum atomic E-state index is 9.63. The molecule has 0 heterocycles. The van der Waals surface area contributed by atoms with E-state index >= 15 is 0 Å². The van der Waals surface area contributed by atoms with Gasteiger partial charge >= 0.3 is 29.6 Å². The molecule has 0 aliphatic carbocycles. The Morgan fingerprint density at radius 1 is 1.14 bits per heavy atom. The summed E-state index contributed by atoms with van der Waals surface area (Å²) in [5.74, 6) is 0.297. The summed E-state index contributed by atoms with van der Waals surface area (Å²) >= 11 is -1.11. The molecule has 0 aromatic heterocycles. The van der Waals surface area contributed by atoms with E-state index < -0.39 is 16.0 Å². The molecule has 5 nitrogen and oxygen atoms in total. The maximum absolute atomic E-state index is 9.63. The molecule has 2 rings (SSSR count). The van der Waals surface area contributed by atoms with Gasteiger partial charge in [0.05, 0.1) is 0 Å². The van der Waals surface area contributed by atoms with E-state index in [0.29, 0.717) is 11.3 Å². The van der Waals surface area contributed by atoms with E-state index in [1.807, 2.05) is 19.1 Å². The summed E-state index contributed by atoms with van der Waals surface area (Å²) in [6.07, 6.45) is 1.54. The zero-order valence-corrected chi connectivity index (χ0v) is 14.4. The van der Waals surface area contributed by atoms with E-state index in [-0.39, 0.29) is 17.0 Å². The second-order valence-corrected chi connectivity index (χ2v) is 5.28. The molecule has 0 bridgehead atoms. The monoisotopic (exact) mass is 486 g/mol. The van der Waals surface area contributed by atoms with Gasteiger partial charge in [-0.2, -0.15) is 0 Å². The van der Waals surface area contributed by atoms with Crippen molar-refractivity contribution in [2.45, 2.75) is 6.92 Å². The number of aromatic hydroxyl groups is 2. The third kappa shape index (κ3) is 6.53. The molecule has 0 fully saturated rings. The van der Waals surface area contributed by atoms with Gasteiger partial charge in [0, 0.05) is 11.8 Å². The quantitative estimate of drug-likeness (QED) is 0.639. The van der Waals surface area contributed by atoms with Crippen LogP contribution in [0.1, 0.15) is 11.1 Å². The fraction of sp³-hybridized carbons (Fsp3) is 0.0714. The minimum atomic E-state index is -1.11. The van der Waals surface area contributed by atoms with Crippen LogP contribution in [0.5, 0.6) is 11.5 Å². The average Bonchev–Trinajstić information content (AvgIpc) is 2.42. The third-order valence-electron chi connectivity index (χ3n) is 2.41. The molecule has 0 amide bonds. The summed E-state index contributed by atoms with van der Waals surface area (Å²) in [7, 11) is 4.69. The van der Waals surface area contributed by atoms with E-state index in [1.165, 1.54) is 6.21 Å². The predicted octanol–water partition coefficient (Wildman–Crippen LogP) is 3.03. The number of halogens is 1. The standard InChI is InChI=1S/C14H13NO2.ClH.N.H2O.Os/c1-10-6-7-13(16)11(8-10)9-15-12-4-2-3-5-14(12)17;;;;/h2-9,16-17H,1H3;1H;;1H2;/q;;;;+1/p-1. The van der Waals surface area contributed by atoms with Gasteiger partial charge in [-0.1, -0.05) is 23.8 Å². The molecule has 4 N–H and O–H groups in total. The number of benzene rings is 2. The van der Waals surface area contributed by atoms with Crippen molar-refractivity contribution in [2.24, 2.45) is 4.99 Å². The van der Waals surface area contributed by atoms with Crippen LogP contribution >= 0.6 is 9.64 Å². The second-order valence-electron chi connectivity index (χ2n) is 3.87. The van der Waals surface area contributed by atoms with E-state index in [1.54, 1.807) is 30.3 Å². The fourth-order valence-electron chi connectivity index (χ4n) is 1.49. The molecule has 0 spiro atoms. The van der Waals surface area contributed by atoms with Gasteiger partial charge in [0.1, 0.15) is 17.2 Å². The van der Waals surface area contributed by atoms with E-state index in [9.17, 15) is 10.2 Å². The Morgan fingerprint density at radius 3 is 2.38 bits per heavy atom. The molecular weight excluding hydrogens is 470 g/mol. The Bertz CT molecular complexity index is 657. The topological polar surface area (TPSA) is 108 Å². The van der Waals surface area contributed by atoms with E-state index in [0.717, 1.165) is 5.56 Å². The molecule has 0 saturated carbocycles. The summed E-state index contributed by atoms with van der Waals surface area (Å²) in [5, 5.41) is 19.2. The number of aliphatic imine (C=N–C) groups is 1. The van der Waals surface area contributed by atoms with Crippen molar-refractivity contribution in [1.29, 1.82) is 3.88 Å². The molecule has 2 aromatic carbocycles. The fourth-order valence-corrected chi connectivity index (χ4v) is 1.49. The summed E-state index contributed by atoms with van der Waals surface area (Å²) in [5.41, 5.74) is 2.16. The Balaban J connectivity index is 0.000000922. The molecule has 0 aliphatic heterocycles. The molecule has 0 unspecified atom stereocenters. The molecule has 114 valence electrons. The van der Waals surface area contributed by atoms with Crippen molar-refractivity contribution in [1.82, 2.24) is 0 Å². The Hall–Kier alpha value is -1.69. The van der Waals surface area contributed by atoms with Gasteiger partial charge in [-0.25, -0.2) is 0 Å². The first kappa shape index (κ1) is 19.3. The van der Waals surface area contributed by atoms with E-state index in [4.69, 9.17) is 13.5 Å². The summed E-state index contributed by atoms with van der Waals surface area (Å²) < 4.78 is 7.47. The van der Waals surface area contributed by atoms with Crippen LogP contribution < -0.4 is 0 Å². The van der Waals surface area contributed by atoms with Crippen molar-refractivity contribution in [2.75, 3.05) is 0 Å². The molecule has 21 heavy (non-hydrogen) atoms. The van der Waals surface area contributed by atoms with E-state index in [2.05, 4.69) is 4.99 Å². The minimum absolute atomic E-state index is 0. The molecular formula is C14H15ClN2O3Os. The molecule has 7 heteroatoms. The molecule has 0 aliphatic rings. The molecule has 0 saturated heterocycles. The Labute approximate surface area is 134 Å². The number of hydrogen-bond donors (Lipinski definition) is 2. The number of phenols is 2. The van der Waals surface area contributed by atoms with Gasteiger partial charge in [0.25, 0.3) is 0 Å². The van der Waals surface area contributed by atoms with Gasteiger partial charge in [-0.15, -0.1) is 0 Å². The van der Waals surface area contributed by atoms with Gasteiger partial charge in [0.2, 0.25) is 0 Å². The van der Waals surface area contributed by atoms with Crippen LogP contribution in [-0.4, -0.2) is 21.9 Å². The predicted molar refractivity (Wildman–Crippen MR) is 79.4 cm³/mol. The number of nitrogens with zero attached hydrogens (tertiary/aromatic N) is 2. The molecule has 0 atom stereocenters. The number of aryl methyl sites for hydroxylation is 1. The van der Waals surface area contributed by atoms with Crippen molar-refractivity contribution in [3.63, 3.8) is 0 Å². The third-order valence-corrected chi connectivity index (χ3v) is 2.41. The summed E-state index contributed by atoms with van der Waals surface area (Å²) in [6, 6.07) is 12.1. The van der Waals surface area contributed by atoms with Crippen molar-refractivity contribution in [3.05, 3.63) is 53.6 Å². The van der Waals surface area contributed by atoms with Crippen LogP contribution in [0.2, 0.25) is 0 Å². The number of phenolic OH excluding ortho intramolecular Hbond substituents is 2. The number of hydrogen-bond acceptors (Lipinski definition) is 4. The van der Waals surface area contributed by atoms with Crippen LogP contribution in [0.25, 0.3) is 0 Å². The Morgan fingerprint density at radius 2 is 1.76 bits per heavy atom. The zero-order valence-electron chi connectivity index (χ0n) is 11.1. The summed E-state index contributed by atoms with van der Waals surface area (Å²) in [6.45, 7) is 1.94. The molecule has 0 radical (unpaired) electrons.